The molecular weight excluding hydrogens is 260 g/mol. The van der Waals surface area contributed by atoms with E-state index < -0.39 is 0 Å². The quantitative estimate of drug-likeness (QED) is 0.543. The van der Waals surface area contributed by atoms with Gasteiger partial charge in [-0.05, 0) is 49.1 Å². The second-order valence-corrected chi connectivity index (χ2v) is 6.67. The number of rotatable bonds is 7. The van der Waals surface area contributed by atoms with E-state index in [-0.39, 0.29) is 11.9 Å². The highest BCUT2D eigenvalue weighted by Gasteiger charge is 2.24. The highest BCUT2D eigenvalue weighted by Crippen LogP contribution is 2.21. The molecule has 1 heterocycles. The smallest absolute Gasteiger partial charge is 0.309 e. The van der Waals surface area contributed by atoms with Gasteiger partial charge < -0.3 is 4.74 Å². The van der Waals surface area contributed by atoms with Crippen molar-refractivity contribution in [2.75, 3.05) is 6.61 Å². The second-order valence-electron chi connectivity index (χ2n) is 6.67. The van der Waals surface area contributed by atoms with Crippen molar-refractivity contribution in [2.24, 2.45) is 11.8 Å². The summed E-state index contributed by atoms with van der Waals surface area (Å²) in [5.41, 5.74) is 2.68. The normalized spacial score (nSPS) is 18.8. The second kappa shape index (κ2) is 8.21. The topological polar surface area (TPSA) is 26.3 Å². The van der Waals surface area contributed by atoms with E-state index in [4.69, 9.17) is 4.74 Å². The molecule has 21 heavy (non-hydrogen) atoms. The first kappa shape index (κ1) is 16.1. The summed E-state index contributed by atoms with van der Waals surface area (Å²) >= 11 is 0. The summed E-state index contributed by atoms with van der Waals surface area (Å²) in [6.07, 6.45) is 7.83. The van der Waals surface area contributed by atoms with Crippen molar-refractivity contribution in [2.45, 2.75) is 58.8 Å². The van der Waals surface area contributed by atoms with Gasteiger partial charge in [-0.3, -0.25) is 4.79 Å². The van der Waals surface area contributed by atoms with Gasteiger partial charge in [-0.25, -0.2) is 0 Å². The highest BCUT2D eigenvalue weighted by atomic mass is 16.5. The Morgan fingerprint density at radius 3 is 2.81 bits per heavy atom. The lowest BCUT2D eigenvalue weighted by atomic mass is 9.92. The number of unbranched alkanes of at least 4 members (excludes halogenated alkanes) is 1. The summed E-state index contributed by atoms with van der Waals surface area (Å²) in [6, 6.07) is 8.75. The van der Waals surface area contributed by atoms with E-state index in [1.54, 1.807) is 0 Å². The first-order valence-corrected chi connectivity index (χ1v) is 8.39. The average Bonchev–Trinajstić information content (AvgIpc) is 2.46. The van der Waals surface area contributed by atoms with Gasteiger partial charge in [-0.2, -0.15) is 0 Å². The van der Waals surface area contributed by atoms with Crippen LogP contribution in [0.1, 0.15) is 57.1 Å². The standard InChI is InChI=1S/C19H28O2/c1-15(2)7-3-4-8-16-9-5-10-17(13-16)14-18-11-6-12-21-19(18)20/h5,9-10,13,15,18H,3-4,6-8,11-12,14H2,1-2H3. The maximum atomic E-state index is 11.7. The van der Waals surface area contributed by atoms with E-state index >= 15 is 0 Å². The van der Waals surface area contributed by atoms with Crippen LogP contribution in [0.25, 0.3) is 0 Å². The molecule has 1 aromatic carbocycles. The van der Waals surface area contributed by atoms with E-state index in [2.05, 4.69) is 38.1 Å². The minimum Gasteiger partial charge on any atom is -0.465 e. The molecule has 1 aliphatic heterocycles. The number of esters is 1. The molecule has 2 heteroatoms. The molecule has 1 saturated heterocycles. The molecule has 0 saturated carbocycles. The largest absolute Gasteiger partial charge is 0.465 e. The summed E-state index contributed by atoms with van der Waals surface area (Å²) in [5.74, 6) is 0.854. The molecule has 0 N–H and O–H groups in total. The number of carbonyl (C=O) groups excluding carboxylic acids is 1. The van der Waals surface area contributed by atoms with Gasteiger partial charge >= 0.3 is 5.97 Å². The van der Waals surface area contributed by atoms with Gasteiger partial charge in [-0.1, -0.05) is 51.0 Å². The zero-order chi connectivity index (χ0) is 15.1. The fraction of sp³-hybridized carbons (Fsp3) is 0.632. The SMILES string of the molecule is CC(C)CCCCc1cccc(CC2CCCOC2=O)c1. The summed E-state index contributed by atoms with van der Waals surface area (Å²) in [5, 5.41) is 0. The third kappa shape index (κ3) is 5.53. The van der Waals surface area contributed by atoms with Gasteiger partial charge in [0.15, 0.2) is 0 Å². The lowest BCUT2D eigenvalue weighted by Crippen LogP contribution is -2.25. The summed E-state index contributed by atoms with van der Waals surface area (Å²) in [4.78, 5) is 11.7. The lowest BCUT2D eigenvalue weighted by molar-refractivity contribution is -0.152. The molecule has 0 radical (unpaired) electrons. The van der Waals surface area contributed by atoms with Gasteiger partial charge in [0, 0.05) is 0 Å². The molecule has 116 valence electrons. The maximum Gasteiger partial charge on any atom is 0.309 e. The minimum absolute atomic E-state index is 0.0106. The number of hydrogen-bond acceptors (Lipinski definition) is 2. The summed E-state index contributed by atoms with van der Waals surface area (Å²) < 4.78 is 5.16. The van der Waals surface area contributed by atoms with Crippen LogP contribution in [-0.4, -0.2) is 12.6 Å². The maximum absolute atomic E-state index is 11.7. The van der Waals surface area contributed by atoms with Gasteiger partial charge in [0.2, 0.25) is 0 Å². The van der Waals surface area contributed by atoms with Gasteiger partial charge in [-0.15, -0.1) is 0 Å². The minimum atomic E-state index is -0.0106. The molecule has 0 aromatic heterocycles. The van der Waals surface area contributed by atoms with E-state index in [0.717, 1.165) is 31.6 Å². The van der Waals surface area contributed by atoms with Crippen molar-refractivity contribution >= 4 is 5.97 Å². The Morgan fingerprint density at radius 1 is 1.24 bits per heavy atom. The molecule has 1 atom stereocenters. The van der Waals surface area contributed by atoms with Crippen molar-refractivity contribution in [1.29, 1.82) is 0 Å². The van der Waals surface area contributed by atoms with Crippen molar-refractivity contribution in [1.82, 2.24) is 0 Å². The Balaban J connectivity index is 1.84. The highest BCUT2D eigenvalue weighted by molar-refractivity contribution is 5.73. The number of aryl methyl sites for hydroxylation is 1. The third-order valence-corrected chi connectivity index (χ3v) is 4.24. The predicted octanol–water partition coefficient (Wildman–Crippen LogP) is 4.55. The van der Waals surface area contributed by atoms with Gasteiger partial charge in [0.1, 0.15) is 0 Å². The van der Waals surface area contributed by atoms with Crippen molar-refractivity contribution in [3.8, 4) is 0 Å². The first-order valence-electron chi connectivity index (χ1n) is 8.39. The van der Waals surface area contributed by atoms with Crippen LogP contribution in [-0.2, 0) is 22.4 Å². The first-order chi connectivity index (χ1) is 10.1. The van der Waals surface area contributed by atoms with Crippen LogP contribution in [0.2, 0.25) is 0 Å². The number of cyclic esters (lactones) is 1. The number of benzene rings is 1. The van der Waals surface area contributed by atoms with Gasteiger partial charge in [0.25, 0.3) is 0 Å². The Kier molecular flexibility index (Phi) is 6.28. The number of ether oxygens (including phenoxy) is 1. The fourth-order valence-electron chi connectivity index (χ4n) is 3.00. The summed E-state index contributed by atoms with van der Waals surface area (Å²) in [6.45, 7) is 5.17. The molecule has 0 spiro atoms. The molecule has 1 aliphatic rings. The van der Waals surface area contributed by atoms with E-state index in [0.29, 0.717) is 6.61 Å². The van der Waals surface area contributed by atoms with Crippen molar-refractivity contribution in [3.63, 3.8) is 0 Å². The van der Waals surface area contributed by atoms with Crippen LogP contribution >= 0.6 is 0 Å². The Morgan fingerprint density at radius 2 is 2.05 bits per heavy atom. The molecule has 0 aliphatic carbocycles. The van der Waals surface area contributed by atoms with E-state index in [9.17, 15) is 4.79 Å². The molecule has 1 aromatic rings. The zero-order valence-corrected chi connectivity index (χ0v) is 13.4. The van der Waals surface area contributed by atoms with Crippen molar-refractivity contribution < 1.29 is 9.53 Å². The molecule has 2 rings (SSSR count). The average molecular weight is 288 g/mol. The molecule has 0 bridgehead atoms. The van der Waals surface area contributed by atoms with E-state index in [1.165, 1.54) is 30.4 Å². The Bertz CT molecular complexity index is 451. The van der Waals surface area contributed by atoms with Crippen LogP contribution in [0.4, 0.5) is 0 Å². The fourth-order valence-corrected chi connectivity index (χ4v) is 3.00. The van der Waals surface area contributed by atoms with E-state index in [1.807, 2.05) is 0 Å². The number of carbonyl (C=O) groups is 1. The monoisotopic (exact) mass is 288 g/mol. The molecule has 1 fully saturated rings. The zero-order valence-electron chi connectivity index (χ0n) is 13.4. The van der Waals surface area contributed by atoms with Crippen LogP contribution in [0.15, 0.2) is 24.3 Å². The molecule has 0 amide bonds. The third-order valence-electron chi connectivity index (χ3n) is 4.24. The predicted molar refractivity (Wildman–Crippen MR) is 86.2 cm³/mol. The number of hydrogen-bond donors (Lipinski definition) is 0. The lowest BCUT2D eigenvalue weighted by Gasteiger charge is -2.21. The van der Waals surface area contributed by atoms with Crippen LogP contribution < -0.4 is 0 Å². The van der Waals surface area contributed by atoms with Crippen LogP contribution in [0.5, 0.6) is 0 Å². The van der Waals surface area contributed by atoms with Crippen LogP contribution in [0.3, 0.4) is 0 Å². The van der Waals surface area contributed by atoms with Gasteiger partial charge in [0.05, 0.1) is 12.5 Å². The van der Waals surface area contributed by atoms with Crippen LogP contribution in [0, 0.1) is 11.8 Å². The Labute approximate surface area is 128 Å². The Hall–Kier alpha value is -1.31. The molecule has 1 unspecified atom stereocenters. The molecular formula is C19H28O2. The molecule has 2 nitrogen and oxygen atoms in total. The summed E-state index contributed by atoms with van der Waals surface area (Å²) in [7, 11) is 0. The van der Waals surface area contributed by atoms with Crippen molar-refractivity contribution in [3.05, 3.63) is 35.4 Å².